The lowest BCUT2D eigenvalue weighted by atomic mass is 9.59. The predicted molar refractivity (Wildman–Crippen MR) is 122 cm³/mol. The summed E-state index contributed by atoms with van der Waals surface area (Å²) in [5.41, 5.74) is 3.50. The molecule has 32 heavy (non-hydrogen) atoms. The number of fused-ring (bicyclic) bond motifs is 1. The predicted octanol–water partition coefficient (Wildman–Crippen LogP) is 2.68. The van der Waals surface area contributed by atoms with Gasteiger partial charge in [0.1, 0.15) is 6.17 Å². The average Bonchev–Trinajstić information content (AvgIpc) is 3.19. The van der Waals surface area contributed by atoms with Crippen LogP contribution in [0.4, 0.5) is 4.39 Å². The van der Waals surface area contributed by atoms with Gasteiger partial charge in [0.05, 0.1) is 30.9 Å². The Balaban J connectivity index is 1.27. The lowest BCUT2D eigenvalue weighted by Gasteiger charge is -2.48. The van der Waals surface area contributed by atoms with Gasteiger partial charge in [-0.15, -0.1) is 0 Å². The molecule has 0 aromatic rings. The maximum Gasteiger partial charge on any atom is 0.116 e. The maximum absolute atomic E-state index is 14.8. The molecule has 6 nitrogen and oxygen atoms in total. The molecule has 0 aromatic heterocycles. The van der Waals surface area contributed by atoms with Crippen molar-refractivity contribution in [2.45, 2.75) is 69.8 Å². The molecule has 3 saturated heterocycles. The number of morpholine rings is 1. The number of piperidine rings is 1. The third kappa shape index (κ3) is 4.86. The molecule has 10 unspecified atom stereocenters. The Bertz CT molecular complexity index is 667. The van der Waals surface area contributed by atoms with Crippen molar-refractivity contribution in [3.63, 3.8) is 0 Å². The number of hydrogen-bond acceptors (Lipinski definition) is 6. The minimum absolute atomic E-state index is 0.339. The molecule has 180 valence electrons. The van der Waals surface area contributed by atoms with Crippen LogP contribution in [0.1, 0.15) is 51.4 Å². The molecule has 0 aromatic carbocycles. The highest BCUT2D eigenvalue weighted by atomic mass is 19.1. The van der Waals surface area contributed by atoms with E-state index >= 15 is 0 Å². The van der Waals surface area contributed by atoms with Crippen LogP contribution in [0.5, 0.6) is 0 Å². The monoisotopic (exact) mass is 447 g/mol. The second kappa shape index (κ2) is 10.2. The lowest BCUT2D eigenvalue weighted by molar-refractivity contribution is -0.0193. The minimum Gasteiger partial charge on any atom is -0.376 e. The fourth-order valence-corrected chi connectivity index (χ4v) is 7.86. The number of nitriles is 1. The number of ether oxygens (including phenoxy) is 1. The van der Waals surface area contributed by atoms with Crippen LogP contribution in [0.2, 0.25) is 0 Å². The Morgan fingerprint density at radius 2 is 1.91 bits per heavy atom. The van der Waals surface area contributed by atoms with E-state index < -0.39 is 6.17 Å². The van der Waals surface area contributed by atoms with E-state index in [4.69, 9.17) is 4.74 Å². The summed E-state index contributed by atoms with van der Waals surface area (Å²) in [6.07, 6.45) is 8.45. The third-order valence-electron chi connectivity index (χ3n) is 9.52. The van der Waals surface area contributed by atoms with Crippen LogP contribution in [-0.2, 0) is 4.74 Å². The fourth-order valence-electron chi connectivity index (χ4n) is 7.86. The number of alkyl halides is 1. The van der Waals surface area contributed by atoms with Gasteiger partial charge in [-0.25, -0.2) is 9.40 Å². The first-order valence-corrected chi connectivity index (χ1v) is 13.2. The molecule has 3 N–H and O–H groups in total. The Morgan fingerprint density at radius 3 is 2.69 bits per heavy atom. The van der Waals surface area contributed by atoms with Crippen molar-refractivity contribution in [2.24, 2.45) is 41.4 Å². The van der Waals surface area contributed by atoms with E-state index in [2.05, 4.69) is 34.2 Å². The van der Waals surface area contributed by atoms with Crippen LogP contribution >= 0.6 is 0 Å². The second-order valence-corrected chi connectivity index (χ2v) is 11.3. The summed E-state index contributed by atoms with van der Waals surface area (Å²) in [6, 6.07) is 2.22. The largest absolute Gasteiger partial charge is 0.376 e. The Hall–Kier alpha value is -0.780. The van der Waals surface area contributed by atoms with Gasteiger partial charge >= 0.3 is 0 Å². The van der Waals surface area contributed by atoms with E-state index in [1.54, 1.807) is 0 Å². The van der Waals surface area contributed by atoms with Crippen molar-refractivity contribution in [3.8, 4) is 6.07 Å². The van der Waals surface area contributed by atoms with E-state index in [1.165, 1.54) is 25.7 Å². The van der Waals surface area contributed by atoms with E-state index in [0.717, 1.165) is 52.0 Å². The first-order valence-electron chi connectivity index (χ1n) is 13.2. The minimum atomic E-state index is -0.938. The van der Waals surface area contributed by atoms with Crippen LogP contribution in [0.25, 0.3) is 0 Å². The van der Waals surface area contributed by atoms with Crippen molar-refractivity contribution in [2.75, 3.05) is 39.8 Å². The maximum atomic E-state index is 14.8. The lowest BCUT2D eigenvalue weighted by Crippen LogP contribution is -2.53. The first-order chi connectivity index (χ1) is 15.6. The number of halogens is 1. The molecular weight excluding hydrogens is 405 g/mol. The van der Waals surface area contributed by atoms with Gasteiger partial charge in [-0.3, -0.25) is 5.43 Å². The second-order valence-electron chi connectivity index (χ2n) is 11.3. The third-order valence-corrected chi connectivity index (χ3v) is 9.52. The highest BCUT2D eigenvalue weighted by Crippen LogP contribution is 2.50. The van der Waals surface area contributed by atoms with Crippen LogP contribution < -0.4 is 16.1 Å². The summed E-state index contributed by atoms with van der Waals surface area (Å²) in [5, 5.41) is 18.9. The van der Waals surface area contributed by atoms with Gasteiger partial charge in [0.25, 0.3) is 0 Å². The molecule has 10 atom stereocenters. The quantitative estimate of drug-likeness (QED) is 0.616. The van der Waals surface area contributed by atoms with E-state index in [9.17, 15) is 9.65 Å². The Kier molecular flexibility index (Phi) is 7.35. The number of hydrazine groups is 1. The molecule has 3 aliphatic heterocycles. The summed E-state index contributed by atoms with van der Waals surface area (Å²) in [6.45, 7) is 4.91. The molecule has 5 aliphatic rings. The number of hydrogen-bond donors (Lipinski definition) is 3. The summed E-state index contributed by atoms with van der Waals surface area (Å²) in [4.78, 5) is 0. The molecule has 0 amide bonds. The zero-order valence-corrected chi connectivity index (χ0v) is 19.6. The number of nitrogens with zero attached hydrogens (tertiary/aromatic N) is 2. The summed E-state index contributed by atoms with van der Waals surface area (Å²) < 4.78 is 20.9. The summed E-state index contributed by atoms with van der Waals surface area (Å²) >= 11 is 0. The van der Waals surface area contributed by atoms with Crippen LogP contribution in [-0.4, -0.2) is 63.3 Å². The summed E-state index contributed by atoms with van der Waals surface area (Å²) in [7, 11) is 2.14. The molecule has 5 fully saturated rings. The summed E-state index contributed by atoms with van der Waals surface area (Å²) in [5.74, 6) is 3.39. The molecule has 0 radical (unpaired) electrons. The average molecular weight is 448 g/mol. The zero-order valence-electron chi connectivity index (χ0n) is 19.6. The number of rotatable bonds is 4. The zero-order chi connectivity index (χ0) is 22.1. The van der Waals surface area contributed by atoms with Gasteiger partial charge in [0.15, 0.2) is 0 Å². The molecule has 2 aliphatic carbocycles. The highest BCUT2D eigenvalue weighted by Gasteiger charge is 2.46. The van der Waals surface area contributed by atoms with E-state index in [-0.39, 0.29) is 5.92 Å². The first kappa shape index (κ1) is 23.0. The molecule has 5 rings (SSSR count). The topological polar surface area (TPSA) is 72.3 Å². The van der Waals surface area contributed by atoms with Crippen LogP contribution in [0, 0.1) is 52.8 Å². The molecule has 2 saturated carbocycles. The SMILES string of the molecule is CN1NCC2CC(C3CCC(CC4CNCCO4)CC3C3CCC(C#N)C(F)C3)CNC21. The molecular formula is C25H42FN5O. The molecule has 0 spiro atoms. The van der Waals surface area contributed by atoms with Gasteiger partial charge in [0, 0.05) is 32.6 Å². The van der Waals surface area contributed by atoms with Crippen molar-refractivity contribution in [1.82, 2.24) is 21.1 Å². The number of nitrogens with one attached hydrogen (secondary N) is 3. The Morgan fingerprint density at radius 1 is 1.00 bits per heavy atom. The van der Waals surface area contributed by atoms with Gasteiger partial charge in [-0.2, -0.15) is 5.26 Å². The molecule has 0 bridgehead atoms. The van der Waals surface area contributed by atoms with Gasteiger partial charge in [-0.05, 0) is 81.1 Å². The van der Waals surface area contributed by atoms with Crippen molar-refractivity contribution >= 4 is 0 Å². The van der Waals surface area contributed by atoms with Crippen molar-refractivity contribution < 1.29 is 9.13 Å². The Labute approximate surface area is 193 Å². The normalized spacial score (nSPS) is 48.2. The van der Waals surface area contributed by atoms with Crippen molar-refractivity contribution in [3.05, 3.63) is 0 Å². The van der Waals surface area contributed by atoms with Gasteiger partial charge in [0.2, 0.25) is 0 Å². The van der Waals surface area contributed by atoms with Crippen LogP contribution in [0.15, 0.2) is 0 Å². The van der Waals surface area contributed by atoms with E-state index in [0.29, 0.717) is 54.2 Å². The van der Waals surface area contributed by atoms with Crippen LogP contribution in [0.3, 0.4) is 0 Å². The fraction of sp³-hybridized carbons (Fsp3) is 0.960. The van der Waals surface area contributed by atoms with E-state index in [1.807, 2.05) is 0 Å². The van der Waals surface area contributed by atoms with Crippen molar-refractivity contribution in [1.29, 1.82) is 5.26 Å². The smallest absolute Gasteiger partial charge is 0.116 e. The standard InChI is InChI=1S/C25H42FN5O/c1-31-25-20(14-30-31)10-19(13-29-25)22-5-2-16(8-21-15-28-6-7-32-21)9-23(22)17-3-4-18(12-27)24(26)11-17/h16-25,28-30H,2-11,13-15H2,1H3. The molecule has 3 heterocycles. The molecule has 7 heteroatoms. The van der Waals surface area contributed by atoms with Gasteiger partial charge < -0.3 is 15.4 Å². The highest BCUT2D eigenvalue weighted by molar-refractivity contribution is 4.99. The van der Waals surface area contributed by atoms with Gasteiger partial charge in [-0.1, -0.05) is 6.42 Å².